The zero-order valence-corrected chi connectivity index (χ0v) is 14.9. The molecule has 1 aromatic rings. The third kappa shape index (κ3) is 5.80. The van der Waals surface area contributed by atoms with Crippen molar-refractivity contribution in [2.75, 3.05) is 26.8 Å². The number of hydrogen-bond acceptors (Lipinski definition) is 5. The SMILES string of the molecule is CNC(=O)CCCNS(=O)(=O)c1cccc(C(=O)NC2CCOC2)c1. The van der Waals surface area contributed by atoms with Crippen LogP contribution in [0.25, 0.3) is 0 Å². The van der Waals surface area contributed by atoms with Crippen LogP contribution in [-0.4, -0.2) is 53.1 Å². The quantitative estimate of drug-likeness (QED) is 0.559. The fourth-order valence-electron chi connectivity index (χ4n) is 2.39. The normalized spacial score (nSPS) is 17.2. The van der Waals surface area contributed by atoms with E-state index in [1.807, 2.05) is 0 Å². The number of benzene rings is 1. The molecule has 2 rings (SSSR count). The van der Waals surface area contributed by atoms with Crippen LogP contribution in [0.4, 0.5) is 0 Å². The van der Waals surface area contributed by atoms with Gasteiger partial charge in [-0.15, -0.1) is 0 Å². The first kappa shape index (κ1) is 19.4. The minimum Gasteiger partial charge on any atom is -0.379 e. The molecule has 8 nitrogen and oxygen atoms in total. The maximum absolute atomic E-state index is 12.3. The molecule has 0 spiro atoms. The number of sulfonamides is 1. The Kier molecular flexibility index (Phi) is 6.91. The summed E-state index contributed by atoms with van der Waals surface area (Å²) in [5.41, 5.74) is 0.278. The van der Waals surface area contributed by atoms with Gasteiger partial charge < -0.3 is 15.4 Å². The van der Waals surface area contributed by atoms with Gasteiger partial charge in [0.25, 0.3) is 5.91 Å². The smallest absolute Gasteiger partial charge is 0.251 e. The Bertz CT molecular complexity index is 714. The lowest BCUT2D eigenvalue weighted by Crippen LogP contribution is -2.35. The van der Waals surface area contributed by atoms with Crippen molar-refractivity contribution >= 4 is 21.8 Å². The van der Waals surface area contributed by atoms with Gasteiger partial charge in [0.05, 0.1) is 17.5 Å². The van der Waals surface area contributed by atoms with Gasteiger partial charge in [0.2, 0.25) is 15.9 Å². The van der Waals surface area contributed by atoms with Crippen molar-refractivity contribution in [3.05, 3.63) is 29.8 Å². The van der Waals surface area contributed by atoms with Crippen LogP contribution in [0.15, 0.2) is 29.2 Å². The predicted octanol–water partition coefficient (Wildman–Crippen LogP) is 0.00980. The van der Waals surface area contributed by atoms with E-state index in [1.54, 1.807) is 6.07 Å². The van der Waals surface area contributed by atoms with Crippen molar-refractivity contribution in [3.8, 4) is 0 Å². The Hall–Kier alpha value is -1.97. The second-order valence-electron chi connectivity index (χ2n) is 5.74. The Labute approximate surface area is 147 Å². The van der Waals surface area contributed by atoms with E-state index in [0.29, 0.717) is 19.6 Å². The lowest BCUT2D eigenvalue weighted by molar-refractivity contribution is -0.120. The van der Waals surface area contributed by atoms with Crippen LogP contribution < -0.4 is 15.4 Å². The molecule has 2 amide bonds. The van der Waals surface area contributed by atoms with Crippen molar-refractivity contribution in [1.82, 2.24) is 15.4 Å². The van der Waals surface area contributed by atoms with E-state index in [0.717, 1.165) is 6.42 Å². The summed E-state index contributed by atoms with van der Waals surface area (Å²) in [4.78, 5) is 23.4. The lowest BCUT2D eigenvalue weighted by atomic mass is 10.2. The van der Waals surface area contributed by atoms with Gasteiger partial charge in [-0.1, -0.05) is 6.07 Å². The molecule has 1 aliphatic rings. The number of hydrogen-bond donors (Lipinski definition) is 3. The largest absolute Gasteiger partial charge is 0.379 e. The van der Waals surface area contributed by atoms with Crippen LogP contribution in [0.1, 0.15) is 29.6 Å². The van der Waals surface area contributed by atoms with Gasteiger partial charge in [-0.25, -0.2) is 13.1 Å². The molecule has 0 bridgehead atoms. The minimum absolute atomic E-state index is 0.0164. The summed E-state index contributed by atoms with van der Waals surface area (Å²) in [5.74, 6) is -0.471. The fourth-order valence-corrected chi connectivity index (χ4v) is 3.50. The molecule has 1 atom stereocenters. The zero-order chi connectivity index (χ0) is 18.3. The van der Waals surface area contributed by atoms with E-state index >= 15 is 0 Å². The van der Waals surface area contributed by atoms with Gasteiger partial charge in [-0.05, 0) is 31.0 Å². The predicted molar refractivity (Wildman–Crippen MR) is 91.6 cm³/mol. The van der Waals surface area contributed by atoms with Gasteiger partial charge in [0.15, 0.2) is 0 Å². The molecule has 138 valence electrons. The standard InChI is InChI=1S/C16H23N3O5S/c1-17-15(20)6-3-8-18-25(22,23)14-5-2-4-12(10-14)16(21)19-13-7-9-24-11-13/h2,4-5,10,13,18H,3,6-9,11H2,1H3,(H,17,20)(H,19,21). The molecule has 3 N–H and O–H groups in total. The van der Waals surface area contributed by atoms with Crippen LogP contribution in [0.3, 0.4) is 0 Å². The summed E-state index contributed by atoms with van der Waals surface area (Å²) in [6, 6.07) is 5.81. The summed E-state index contributed by atoms with van der Waals surface area (Å²) in [6.07, 6.45) is 1.38. The summed E-state index contributed by atoms with van der Waals surface area (Å²) < 4.78 is 32.2. The first-order valence-electron chi connectivity index (χ1n) is 8.11. The van der Waals surface area contributed by atoms with E-state index in [4.69, 9.17) is 4.74 Å². The maximum atomic E-state index is 12.3. The van der Waals surface area contributed by atoms with E-state index in [-0.39, 0.29) is 41.3 Å². The zero-order valence-electron chi connectivity index (χ0n) is 14.1. The average Bonchev–Trinajstić information content (AvgIpc) is 3.11. The maximum Gasteiger partial charge on any atom is 0.251 e. The van der Waals surface area contributed by atoms with Crippen LogP contribution in [0.2, 0.25) is 0 Å². The molecule has 0 saturated carbocycles. The second kappa shape index (κ2) is 8.93. The highest BCUT2D eigenvalue weighted by Crippen LogP contribution is 2.13. The molecule has 0 radical (unpaired) electrons. The molecular weight excluding hydrogens is 346 g/mol. The van der Waals surface area contributed by atoms with E-state index in [2.05, 4.69) is 15.4 Å². The Morgan fingerprint density at radius 2 is 2.12 bits per heavy atom. The van der Waals surface area contributed by atoms with Crippen molar-refractivity contribution < 1.29 is 22.7 Å². The van der Waals surface area contributed by atoms with Gasteiger partial charge >= 0.3 is 0 Å². The van der Waals surface area contributed by atoms with Crippen LogP contribution in [0.5, 0.6) is 0 Å². The number of ether oxygens (including phenoxy) is 1. The van der Waals surface area contributed by atoms with Crippen LogP contribution in [0, 0.1) is 0 Å². The second-order valence-corrected chi connectivity index (χ2v) is 7.50. The molecule has 1 aliphatic heterocycles. The van der Waals surface area contributed by atoms with Crippen molar-refractivity contribution in [3.63, 3.8) is 0 Å². The average molecular weight is 369 g/mol. The molecule has 1 heterocycles. The van der Waals surface area contributed by atoms with Crippen molar-refractivity contribution in [1.29, 1.82) is 0 Å². The lowest BCUT2D eigenvalue weighted by Gasteiger charge is -2.12. The first-order valence-corrected chi connectivity index (χ1v) is 9.59. The fraction of sp³-hybridized carbons (Fsp3) is 0.500. The molecular formula is C16H23N3O5S. The van der Waals surface area contributed by atoms with Gasteiger partial charge in [0.1, 0.15) is 0 Å². The third-order valence-electron chi connectivity index (χ3n) is 3.82. The molecule has 1 aromatic carbocycles. The minimum atomic E-state index is -3.73. The van der Waals surface area contributed by atoms with E-state index < -0.39 is 10.0 Å². The molecule has 1 unspecified atom stereocenters. The highest BCUT2D eigenvalue weighted by atomic mass is 32.2. The number of rotatable bonds is 8. The number of amides is 2. The first-order chi connectivity index (χ1) is 11.9. The molecule has 1 saturated heterocycles. The third-order valence-corrected chi connectivity index (χ3v) is 5.28. The molecule has 0 aliphatic carbocycles. The number of nitrogens with one attached hydrogen (secondary N) is 3. The Morgan fingerprint density at radius 3 is 2.80 bits per heavy atom. The van der Waals surface area contributed by atoms with Gasteiger partial charge in [0, 0.05) is 32.2 Å². The van der Waals surface area contributed by atoms with E-state index in [9.17, 15) is 18.0 Å². The van der Waals surface area contributed by atoms with Crippen molar-refractivity contribution in [2.45, 2.75) is 30.2 Å². The Morgan fingerprint density at radius 1 is 1.32 bits per heavy atom. The van der Waals surface area contributed by atoms with Gasteiger partial charge in [-0.2, -0.15) is 0 Å². The van der Waals surface area contributed by atoms with Gasteiger partial charge in [-0.3, -0.25) is 9.59 Å². The Balaban J connectivity index is 1.96. The highest BCUT2D eigenvalue weighted by Gasteiger charge is 2.20. The van der Waals surface area contributed by atoms with Crippen LogP contribution in [-0.2, 0) is 19.6 Å². The monoisotopic (exact) mass is 369 g/mol. The molecule has 1 fully saturated rings. The molecule has 25 heavy (non-hydrogen) atoms. The number of carbonyl (C=O) groups excluding carboxylic acids is 2. The number of carbonyl (C=O) groups is 2. The highest BCUT2D eigenvalue weighted by molar-refractivity contribution is 7.89. The summed E-state index contributed by atoms with van der Waals surface area (Å²) >= 11 is 0. The summed E-state index contributed by atoms with van der Waals surface area (Å²) in [7, 11) is -2.21. The summed E-state index contributed by atoms with van der Waals surface area (Å²) in [6.45, 7) is 1.22. The summed E-state index contributed by atoms with van der Waals surface area (Å²) in [5, 5.41) is 5.30. The topological polar surface area (TPSA) is 114 Å². The molecule has 9 heteroatoms. The molecule has 0 aromatic heterocycles. The van der Waals surface area contributed by atoms with E-state index in [1.165, 1.54) is 25.2 Å². The van der Waals surface area contributed by atoms with Crippen molar-refractivity contribution in [2.24, 2.45) is 0 Å². The van der Waals surface area contributed by atoms with Crippen LogP contribution >= 0.6 is 0 Å².